The Kier molecular flexibility index (Phi) is 5.83. The molecule has 0 radical (unpaired) electrons. The second-order valence-corrected chi connectivity index (χ2v) is 5.61. The van der Waals surface area contributed by atoms with Crippen LogP contribution in [0.3, 0.4) is 0 Å². The average molecular weight is 248 g/mol. The molecule has 18 heavy (non-hydrogen) atoms. The van der Waals surface area contributed by atoms with Gasteiger partial charge in [-0.05, 0) is 76.4 Å². The SMILES string of the molecule is Cc1ccc(CCN(C)CCC(C)N)c(C)c1C. The van der Waals surface area contributed by atoms with Gasteiger partial charge in [-0.15, -0.1) is 0 Å². The summed E-state index contributed by atoms with van der Waals surface area (Å²) in [6.07, 6.45) is 2.20. The van der Waals surface area contributed by atoms with Crippen LogP contribution in [0.5, 0.6) is 0 Å². The third-order valence-electron chi connectivity index (χ3n) is 3.90. The molecule has 1 rings (SSSR count). The lowest BCUT2D eigenvalue weighted by atomic mass is 9.97. The van der Waals surface area contributed by atoms with Crippen LogP contribution >= 0.6 is 0 Å². The maximum absolute atomic E-state index is 5.78. The van der Waals surface area contributed by atoms with Crippen molar-refractivity contribution >= 4 is 0 Å². The van der Waals surface area contributed by atoms with Crippen molar-refractivity contribution in [3.63, 3.8) is 0 Å². The van der Waals surface area contributed by atoms with E-state index in [0.29, 0.717) is 6.04 Å². The molecule has 1 atom stereocenters. The number of hydrogen-bond acceptors (Lipinski definition) is 2. The van der Waals surface area contributed by atoms with E-state index < -0.39 is 0 Å². The quantitative estimate of drug-likeness (QED) is 0.839. The van der Waals surface area contributed by atoms with Crippen LogP contribution in [0.1, 0.15) is 35.6 Å². The standard InChI is InChI=1S/C16H28N2/c1-12-6-7-16(15(4)14(12)3)9-11-18(5)10-8-13(2)17/h6-7,13H,8-11,17H2,1-5H3. The van der Waals surface area contributed by atoms with Gasteiger partial charge in [-0.3, -0.25) is 0 Å². The largest absolute Gasteiger partial charge is 0.328 e. The van der Waals surface area contributed by atoms with E-state index in [1.807, 2.05) is 0 Å². The highest BCUT2D eigenvalue weighted by Crippen LogP contribution is 2.17. The number of nitrogens with zero attached hydrogens (tertiary/aromatic N) is 1. The molecule has 0 aliphatic rings. The van der Waals surface area contributed by atoms with E-state index in [1.165, 1.54) is 22.3 Å². The van der Waals surface area contributed by atoms with Crippen LogP contribution in [-0.2, 0) is 6.42 Å². The molecule has 0 saturated carbocycles. The lowest BCUT2D eigenvalue weighted by molar-refractivity contribution is 0.324. The molecule has 1 unspecified atom stereocenters. The van der Waals surface area contributed by atoms with Crippen LogP contribution in [-0.4, -0.2) is 31.1 Å². The maximum atomic E-state index is 5.78. The fourth-order valence-electron chi connectivity index (χ4n) is 2.13. The van der Waals surface area contributed by atoms with Gasteiger partial charge in [-0.1, -0.05) is 12.1 Å². The van der Waals surface area contributed by atoms with Gasteiger partial charge in [0.2, 0.25) is 0 Å². The molecule has 0 aliphatic heterocycles. The predicted molar refractivity (Wildman–Crippen MR) is 80.1 cm³/mol. The highest BCUT2D eigenvalue weighted by Gasteiger charge is 2.06. The molecular formula is C16H28N2. The van der Waals surface area contributed by atoms with Crippen LogP contribution < -0.4 is 5.73 Å². The number of aryl methyl sites for hydroxylation is 1. The zero-order valence-electron chi connectivity index (χ0n) is 12.6. The number of rotatable bonds is 6. The monoisotopic (exact) mass is 248 g/mol. The van der Waals surface area contributed by atoms with Crippen LogP contribution in [0.25, 0.3) is 0 Å². The lowest BCUT2D eigenvalue weighted by Crippen LogP contribution is -2.27. The molecule has 1 aromatic rings. The first kappa shape index (κ1) is 15.2. The van der Waals surface area contributed by atoms with Gasteiger partial charge in [-0.2, -0.15) is 0 Å². The zero-order chi connectivity index (χ0) is 13.7. The number of nitrogens with two attached hydrogens (primary N) is 1. The molecule has 0 heterocycles. The topological polar surface area (TPSA) is 29.3 Å². The van der Waals surface area contributed by atoms with E-state index in [1.54, 1.807) is 0 Å². The minimum atomic E-state index is 0.302. The summed E-state index contributed by atoms with van der Waals surface area (Å²) >= 11 is 0. The normalized spacial score (nSPS) is 13.1. The first-order valence-electron chi connectivity index (χ1n) is 6.91. The molecule has 102 valence electrons. The Morgan fingerprint density at radius 2 is 1.78 bits per heavy atom. The molecule has 0 spiro atoms. The van der Waals surface area contributed by atoms with Crippen molar-refractivity contribution in [1.82, 2.24) is 4.90 Å². The Balaban J connectivity index is 2.51. The van der Waals surface area contributed by atoms with E-state index in [2.05, 4.69) is 51.8 Å². The molecule has 2 N–H and O–H groups in total. The van der Waals surface area contributed by atoms with E-state index in [0.717, 1.165) is 25.9 Å². The third kappa shape index (κ3) is 4.43. The minimum Gasteiger partial charge on any atom is -0.328 e. The Morgan fingerprint density at radius 1 is 1.11 bits per heavy atom. The molecule has 1 aromatic carbocycles. The van der Waals surface area contributed by atoms with Crippen molar-refractivity contribution in [2.45, 2.75) is 46.6 Å². The maximum Gasteiger partial charge on any atom is 0.00226 e. The van der Waals surface area contributed by atoms with Crippen molar-refractivity contribution in [2.75, 3.05) is 20.1 Å². The summed E-state index contributed by atoms with van der Waals surface area (Å²) in [6.45, 7) is 10.9. The van der Waals surface area contributed by atoms with Crippen molar-refractivity contribution < 1.29 is 0 Å². The van der Waals surface area contributed by atoms with E-state index in [9.17, 15) is 0 Å². The summed E-state index contributed by atoms with van der Waals surface area (Å²) in [6, 6.07) is 4.81. The van der Waals surface area contributed by atoms with Crippen LogP contribution in [0.4, 0.5) is 0 Å². The van der Waals surface area contributed by atoms with E-state index in [-0.39, 0.29) is 0 Å². The van der Waals surface area contributed by atoms with Crippen LogP contribution in [0.15, 0.2) is 12.1 Å². The van der Waals surface area contributed by atoms with Gasteiger partial charge in [0.25, 0.3) is 0 Å². The van der Waals surface area contributed by atoms with Crippen molar-refractivity contribution in [3.8, 4) is 0 Å². The molecular weight excluding hydrogens is 220 g/mol. The van der Waals surface area contributed by atoms with Gasteiger partial charge in [0, 0.05) is 12.6 Å². The number of benzene rings is 1. The molecule has 0 aromatic heterocycles. The van der Waals surface area contributed by atoms with Crippen molar-refractivity contribution in [1.29, 1.82) is 0 Å². The van der Waals surface area contributed by atoms with E-state index in [4.69, 9.17) is 5.73 Å². The fourth-order valence-corrected chi connectivity index (χ4v) is 2.13. The molecule has 2 heteroatoms. The number of hydrogen-bond donors (Lipinski definition) is 1. The first-order valence-corrected chi connectivity index (χ1v) is 6.91. The Bertz CT molecular complexity index is 383. The van der Waals surface area contributed by atoms with Crippen LogP contribution in [0.2, 0.25) is 0 Å². The Morgan fingerprint density at radius 3 is 2.39 bits per heavy atom. The highest BCUT2D eigenvalue weighted by atomic mass is 15.1. The summed E-state index contributed by atoms with van der Waals surface area (Å²) in [5.74, 6) is 0. The highest BCUT2D eigenvalue weighted by molar-refractivity contribution is 5.38. The van der Waals surface area contributed by atoms with Crippen LogP contribution in [0, 0.1) is 20.8 Å². The van der Waals surface area contributed by atoms with Crippen molar-refractivity contribution in [3.05, 3.63) is 34.4 Å². The average Bonchev–Trinajstić information content (AvgIpc) is 2.32. The van der Waals surface area contributed by atoms with Gasteiger partial charge in [0.05, 0.1) is 0 Å². The molecule has 0 aliphatic carbocycles. The molecule has 0 fully saturated rings. The van der Waals surface area contributed by atoms with Gasteiger partial charge in [0.1, 0.15) is 0 Å². The second-order valence-electron chi connectivity index (χ2n) is 5.61. The van der Waals surface area contributed by atoms with Gasteiger partial charge < -0.3 is 10.6 Å². The minimum absolute atomic E-state index is 0.302. The predicted octanol–water partition coefficient (Wildman–Crippen LogP) is 2.82. The third-order valence-corrected chi connectivity index (χ3v) is 3.90. The lowest BCUT2D eigenvalue weighted by Gasteiger charge is -2.19. The number of likely N-dealkylation sites (N-methyl/N-ethyl adjacent to an activating group) is 1. The summed E-state index contributed by atoms with van der Waals surface area (Å²) in [4.78, 5) is 2.37. The summed E-state index contributed by atoms with van der Waals surface area (Å²) in [5.41, 5.74) is 11.5. The Labute approximate surface area is 112 Å². The van der Waals surface area contributed by atoms with E-state index >= 15 is 0 Å². The molecule has 0 bridgehead atoms. The zero-order valence-corrected chi connectivity index (χ0v) is 12.6. The van der Waals surface area contributed by atoms with Crippen molar-refractivity contribution in [2.24, 2.45) is 5.73 Å². The molecule has 0 saturated heterocycles. The first-order chi connectivity index (χ1) is 8.41. The van der Waals surface area contributed by atoms with Gasteiger partial charge in [-0.25, -0.2) is 0 Å². The summed E-state index contributed by atoms with van der Waals surface area (Å²) < 4.78 is 0. The fraction of sp³-hybridized carbons (Fsp3) is 0.625. The van der Waals surface area contributed by atoms with Gasteiger partial charge >= 0.3 is 0 Å². The Hall–Kier alpha value is -0.860. The summed E-state index contributed by atoms with van der Waals surface area (Å²) in [7, 11) is 2.18. The smallest absolute Gasteiger partial charge is 0.00226 e. The van der Waals surface area contributed by atoms with Gasteiger partial charge in [0.15, 0.2) is 0 Å². The molecule has 0 amide bonds. The summed E-state index contributed by atoms with van der Waals surface area (Å²) in [5, 5.41) is 0. The molecule has 2 nitrogen and oxygen atoms in total. The second kappa shape index (κ2) is 6.91.